The number of Topliss-reactive ketones (excluding diaryl/α,β-unsaturated/α-hetero) is 1. The summed E-state index contributed by atoms with van der Waals surface area (Å²) in [5, 5.41) is 8.95. The molecular weight excluding hydrogens is 200 g/mol. The van der Waals surface area contributed by atoms with Gasteiger partial charge >= 0.3 is 0 Å². The van der Waals surface area contributed by atoms with Gasteiger partial charge in [-0.05, 0) is 23.6 Å². The second-order valence-corrected chi connectivity index (χ2v) is 3.54. The molecule has 0 aliphatic carbocycles. The molecule has 0 saturated heterocycles. The molecule has 14 heavy (non-hydrogen) atoms. The van der Waals surface area contributed by atoms with Crippen molar-refractivity contribution in [2.75, 3.05) is 5.88 Å². The smallest absolute Gasteiger partial charge is 0.151 e. The van der Waals surface area contributed by atoms with Crippen molar-refractivity contribution in [3.05, 3.63) is 34.9 Å². The molecular formula is C11H13ClO2. The van der Waals surface area contributed by atoms with Gasteiger partial charge in [-0.25, -0.2) is 0 Å². The van der Waals surface area contributed by atoms with Crippen LogP contribution >= 0.6 is 11.6 Å². The van der Waals surface area contributed by atoms with Gasteiger partial charge in [-0.1, -0.05) is 18.2 Å². The molecule has 76 valence electrons. The minimum Gasteiger partial charge on any atom is -0.392 e. The van der Waals surface area contributed by atoms with Crippen LogP contribution in [0.25, 0.3) is 0 Å². The van der Waals surface area contributed by atoms with Crippen LogP contribution in [0.4, 0.5) is 0 Å². The molecule has 0 aromatic heterocycles. The largest absolute Gasteiger partial charge is 0.392 e. The van der Waals surface area contributed by atoms with Crippen molar-refractivity contribution in [2.45, 2.75) is 20.0 Å². The molecule has 0 fully saturated rings. The Kier molecular flexibility index (Phi) is 4.11. The Morgan fingerprint density at radius 1 is 1.50 bits per heavy atom. The highest BCUT2D eigenvalue weighted by atomic mass is 35.5. The molecule has 1 aromatic carbocycles. The standard InChI is InChI=1S/C11H13ClO2/c1-8-4-9(5-11(14)6-12)2-3-10(8)7-13/h2-4,13H,5-7H2,1H3. The topological polar surface area (TPSA) is 37.3 Å². The van der Waals surface area contributed by atoms with Gasteiger partial charge in [0.25, 0.3) is 0 Å². The molecule has 0 atom stereocenters. The number of hydrogen-bond acceptors (Lipinski definition) is 2. The molecule has 0 aliphatic rings. The van der Waals surface area contributed by atoms with E-state index < -0.39 is 0 Å². The summed E-state index contributed by atoms with van der Waals surface area (Å²) in [6, 6.07) is 5.60. The van der Waals surface area contributed by atoms with Crippen LogP contribution in [0.2, 0.25) is 0 Å². The zero-order chi connectivity index (χ0) is 10.6. The van der Waals surface area contributed by atoms with Crippen LogP contribution in [-0.4, -0.2) is 16.8 Å². The summed E-state index contributed by atoms with van der Waals surface area (Å²) in [4.78, 5) is 11.1. The zero-order valence-electron chi connectivity index (χ0n) is 8.09. The summed E-state index contributed by atoms with van der Waals surface area (Å²) in [5.41, 5.74) is 2.85. The normalized spacial score (nSPS) is 10.2. The first-order valence-corrected chi connectivity index (χ1v) is 4.97. The number of aliphatic hydroxyl groups excluding tert-OH is 1. The zero-order valence-corrected chi connectivity index (χ0v) is 8.84. The highest BCUT2D eigenvalue weighted by Crippen LogP contribution is 2.11. The lowest BCUT2D eigenvalue weighted by atomic mass is 10.0. The number of alkyl halides is 1. The van der Waals surface area contributed by atoms with Crippen LogP contribution in [-0.2, 0) is 17.8 Å². The van der Waals surface area contributed by atoms with Gasteiger partial charge in [-0.3, -0.25) is 4.79 Å². The van der Waals surface area contributed by atoms with Gasteiger partial charge in [0.05, 0.1) is 12.5 Å². The van der Waals surface area contributed by atoms with Crippen molar-refractivity contribution >= 4 is 17.4 Å². The first-order valence-electron chi connectivity index (χ1n) is 4.44. The van der Waals surface area contributed by atoms with Crippen molar-refractivity contribution < 1.29 is 9.90 Å². The first kappa shape index (κ1) is 11.2. The van der Waals surface area contributed by atoms with Gasteiger partial charge in [-0.2, -0.15) is 0 Å². The molecule has 0 heterocycles. The van der Waals surface area contributed by atoms with Crippen LogP contribution in [0.15, 0.2) is 18.2 Å². The van der Waals surface area contributed by atoms with E-state index in [0.717, 1.165) is 16.7 Å². The van der Waals surface area contributed by atoms with E-state index in [1.165, 1.54) is 0 Å². The Balaban J connectivity index is 2.81. The summed E-state index contributed by atoms with van der Waals surface area (Å²) >= 11 is 5.41. The Labute approximate surface area is 88.5 Å². The Morgan fingerprint density at radius 3 is 2.71 bits per heavy atom. The van der Waals surface area contributed by atoms with Crippen molar-refractivity contribution in [3.8, 4) is 0 Å². The van der Waals surface area contributed by atoms with E-state index in [1.807, 2.05) is 25.1 Å². The fourth-order valence-electron chi connectivity index (χ4n) is 1.32. The number of carbonyl (C=O) groups excluding carboxylic acids is 1. The van der Waals surface area contributed by atoms with Gasteiger partial charge in [-0.15, -0.1) is 11.6 Å². The maximum Gasteiger partial charge on any atom is 0.151 e. The molecule has 1 rings (SSSR count). The quantitative estimate of drug-likeness (QED) is 0.774. The molecule has 1 aromatic rings. The number of aryl methyl sites for hydroxylation is 1. The Morgan fingerprint density at radius 2 is 2.21 bits per heavy atom. The van der Waals surface area contributed by atoms with E-state index in [4.69, 9.17) is 16.7 Å². The lowest BCUT2D eigenvalue weighted by Gasteiger charge is -2.05. The molecule has 2 nitrogen and oxygen atoms in total. The molecule has 0 spiro atoms. The van der Waals surface area contributed by atoms with E-state index in [2.05, 4.69) is 0 Å². The lowest BCUT2D eigenvalue weighted by Crippen LogP contribution is -2.04. The summed E-state index contributed by atoms with van der Waals surface area (Å²) in [6.45, 7) is 1.95. The van der Waals surface area contributed by atoms with Crippen LogP contribution in [0.5, 0.6) is 0 Å². The van der Waals surface area contributed by atoms with Gasteiger partial charge < -0.3 is 5.11 Å². The van der Waals surface area contributed by atoms with E-state index in [1.54, 1.807) is 0 Å². The fraction of sp³-hybridized carbons (Fsp3) is 0.364. The van der Waals surface area contributed by atoms with Crippen molar-refractivity contribution in [3.63, 3.8) is 0 Å². The summed E-state index contributed by atoms with van der Waals surface area (Å²) < 4.78 is 0. The lowest BCUT2D eigenvalue weighted by molar-refractivity contribution is -0.116. The first-order chi connectivity index (χ1) is 6.67. The highest BCUT2D eigenvalue weighted by molar-refractivity contribution is 6.27. The van der Waals surface area contributed by atoms with Crippen LogP contribution in [0.1, 0.15) is 16.7 Å². The molecule has 0 saturated carbocycles. The van der Waals surface area contributed by atoms with E-state index in [0.29, 0.717) is 6.42 Å². The molecule has 0 bridgehead atoms. The number of aliphatic hydroxyl groups is 1. The van der Waals surface area contributed by atoms with Gasteiger partial charge in [0.2, 0.25) is 0 Å². The third kappa shape index (κ3) is 2.82. The molecule has 0 unspecified atom stereocenters. The third-order valence-electron chi connectivity index (χ3n) is 2.13. The Bertz CT molecular complexity index is 334. The average Bonchev–Trinajstić information content (AvgIpc) is 2.18. The number of halogens is 1. The maximum absolute atomic E-state index is 11.1. The number of hydrogen-bond donors (Lipinski definition) is 1. The number of rotatable bonds is 4. The minimum atomic E-state index is 0.0165. The fourth-order valence-corrected chi connectivity index (χ4v) is 1.41. The SMILES string of the molecule is Cc1cc(CC(=O)CCl)ccc1CO. The second-order valence-electron chi connectivity index (χ2n) is 3.27. The molecule has 0 aliphatic heterocycles. The molecule has 1 N–H and O–H groups in total. The van der Waals surface area contributed by atoms with Crippen molar-refractivity contribution in [1.29, 1.82) is 0 Å². The summed E-state index contributed by atoms with van der Waals surface area (Å²) in [7, 11) is 0. The maximum atomic E-state index is 11.1. The predicted octanol–water partition coefficient (Wildman–Crippen LogP) is 1.84. The number of ketones is 1. The summed E-state index contributed by atoms with van der Waals surface area (Å²) in [5.74, 6) is 0.0728. The average molecular weight is 213 g/mol. The second kappa shape index (κ2) is 5.13. The monoisotopic (exact) mass is 212 g/mol. The van der Waals surface area contributed by atoms with Crippen LogP contribution in [0, 0.1) is 6.92 Å². The number of carbonyl (C=O) groups is 1. The molecule has 0 radical (unpaired) electrons. The molecule has 3 heteroatoms. The van der Waals surface area contributed by atoms with Crippen LogP contribution < -0.4 is 0 Å². The van der Waals surface area contributed by atoms with E-state index in [-0.39, 0.29) is 18.3 Å². The third-order valence-corrected chi connectivity index (χ3v) is 2.43. The van der Waals surface area contributed by atoms with E-state index in [9.17, 15) is 4.79 Å². The van der Waals surface area contributed by atoms with Gasteiger partial charge in [0.1, 0.15) is 0 Å². The molecule has 0 amide bonds. The van der Waals surface area contributed by atoms with Gasteiger partial charge in [0.15, 0.2) is 5.78 Å². The van der Waals surface area contributed by atoms with E-state index >= 15 is 0 Å². The predicted molar refractivity (Wildman–Crippen MR) is 56.5 cm³/mol. The summed E-state index contributed by atoms with van der Waals surface area (Å²) in [6.07, 6.45) is 0.371. The van der Waals surface area contributed by atoms with Crippen molar-refractivity contribution in [2.24, 2.45) is 0 Å². The number of benzene rings is 1. The Hall–Kier alpha value is -0.860. The van der Waals surface area contributed by atoms with Gasteiger partial charge in [0, 0.05) is 6.42 Å². The van der Waals surface area contributed by atoms with Crippen molar-refractivity contribution in [1.82, 2.24) is 0 Å². The highest BCUT2D eigenvalue weighted by Gasteiger charge is 2.03. The van der Waals surface area contributed by atoms with Crippen LogP contribution in [0.3, 0.4) is 0 Å². The minimum absolute atomic E-state index is 0.0165.